The van der Waals surface area contributed by atoms with Crippen molar-refractivity contribution in [2.75, 3.05) is 14.2 Å². The first-order valence-corrected chi connectivity index (χ1v) is 7.41. The summed E-state index contributed by atoms with van der Waals surface area (Å²) in [7, 11) is 2.93. The Labute approximate surface area is 145 Å². The zero-order chi connectivity index (χ0) is 18.2. The van der Waals surface area contributed by atoms with Gasteiger partial charge in [0.05, 0.1) is 19.1 Å². The van der Waals surface area contributed by atoms with Gasteiger partial charge in [0, 0.05) is 17.2 Å². The minimum Gasteiger partial charge on any atom is -0.496 e. The van der Waals surface area contributed by atoms with Gasteiger partial charge in [-0.1, -0.05) is 36.4 Å². The van der Waals surface area contributed by atoms with Crippen LogP contribution in [0.25, 0.3) is 6.08 Å². The molecule has 0 fully saturated rings. The van der Waals surface area contributed by atoms with Crippen LogP contribution in [0.4, 0.5) is 5.69 Å². The van der Waals surface area contributed by atoms with E-state index in [1.54, 1.807) is 25.3 Å². The molecule has 2 aromatic carbocycles. The molecule has 0 saturated carbocycles. The molecule has 2 aromatic rings. The second-order valence-corrected chi connectivity index (χ2v) is 4.97. The third-order valence-corrected chi connectivity index (χ3v) is 3.43. The molecule has 0 aromatic heterocycles. The van der Waals surface area contributed by atoms with E-state index in [4.69, 9.17) is 9.47 Å². The van der Waals surface area contributed by atoms with E-state index in [-0.39, 0.29) is 22.8 Å². The van der Waals surface area contributed by atoms with Gasteiger partial charge in [-0.15, -0.1) is 0 Å². The molecule has 0 radical (unpaired) electrons. The van der Waals surface area contributed by atoms with Gasteiger partial charge in [-0.2, -0.15) is 0 Å². The Balaban J connectivity index is 2.14. The van der Waals surface area contributed by atoms with Gasteiger partial charge in [0.1, 0.15) is 5.75 Å². The Bertz CT molecular complexity index is 839. The Kier molecular flexibility index (Phi) is 6.06. The predicted octanol–water partition coefficient (Wildman–Crippen LogP) is 4.06. The molecule has 0 saturated heterocycles. The van der Waals surface area contributed by atoms with E-state index < -0.39 is 4.92 Å². The number of nitro groups is 1. The second kappa shape index (κ2) is 8.44. The van der Waals surface area contributed by atoms with E-state index in [1.807, 2.05) is 24.3 Å². The number of nitro benzene ring substituents is 1. The molecule has 128 valence electrons. The van der Waals surface area contributed by atoms with Crippen LogP contribution in [0.5, 0.6) is 11.5 Å². The molecule has 0 unspecified atom stereocenters. The summed E-state index contributed by atoms with van der Waals surface area (Å²) in [6, 6.07) is 11.6. The van der Waals surface area contributed by atoms with Gasteiger partial charge in [-0.25, -0.2) is 0 Å². The first-order valence-electron chi connectivity index (χ1n) is 7.41. The van der Waals surface area contributed by atoms with E-state index in [0.717, 1.165) is 11.3 Å². The Hall–Kier alpha value is -3.41. The monoisotopic (exact) mass is 339 g/mol. The number of ether oxygens (including phenoxy) is 2. The van der Waals surface area contributed by atoms with Crippen LogP contribution in [0.2, 0.25) is 0 Å². The molecule has 0 spiro atoms. The summed E-state index contributed by atoms with van der Waals surface area (Å²) in [5.41, 5.74) is 0.850. The maximum absolute atomic E-state index is 12.1. The van der Waals surface area contributed by atoms with Crippen LogP contribution in [0, 0.1) is 10.1 Å². The summed E-state index contributed by atoms with van der Waals surface area (Å²) < 4.78 is 10.1. The zero-order valence-electron chi connectivity index (χ0n) is 13.8. The summed E-state index contributed by atoms with van der Waals surface area (Å²) >= 11 is 0. The summed E-state index contributed by atoms with van der Waals surface area (Å²) in [5, 5.41) is 11.0. The van der Waals surface area contributed by atoms with Crippen LogP contribution in [-0.4, -0.2) is 24.9 Å². The van der Waals surface area contributed by atoms with Gasteiger partial charge in [-0.05, 0) is 24.3 Å². The minimum absolute atomic E-state index is 0.113. The average Bonchev–Trinajstić information content (AvgIpc) is 2.64. The maximum Gasteiger partial charge on any atom is 0.311 e. The SMILES string of the molecule is COc1ccccc1C=CC=CC(=O)c1ccc(OC)c([N+](=O)[O-])c1. The van der Waals surface area contributed by atoms with Crippen LogP contribution in [0.1, 0.15) is 15.9 Å². The van der Waals surface area contributed by atoms with Crippen molar-refractivity contribution in [3.63, 3.8) is 0 Å². The molecule has 0 N–H and O–H groups in total. The van der Waals surface area contributed by atoms with E-state index in [2.05, 4.69) is 0 Å². The molecule has 0 heterocycles. The van der Waals surface area contributed by atoms with E-state index >= 15 is 0 Å². The number of benzene rings is 2. The van der Waals surface area contributed by atoms with Crippen molar-refractivity contribution in [3.8, 4) is 11.5 Å². The van der Waals surface area contributed by atoms with Crippen LogP contribution in [-0.2, 0) is 0 Å². The lowest BCUT2D eigenvalue weighted by molar-refractivity contribution is -0.385. The molecule has 25 heavy (non-hydrogen) atoms. The van der Waals surface area contributed by atoms with Crippen LogP contribution >= 0.6 is 0 Å². The number of ketones is 1. The lowest BCUT2D eigenvalue weighted by atomic mass is 10.1. The van der Waals surface area contributed by atoms with Crippen molar-refractivity contribution in [2.24, 2.45) is 0 Å². The minimum atomic E-state index is -0.582. The third-order valence-electron chi connectivity index (χ3n) is 3.43. The Morgan fingerprint density at radius 1 is 1.04 bits per heavy atom. The summed E-state index contributed by atoms with van der Waals surface area (Å²) in [4.78, 5) is 22.6. The fraction of sp³-hybridized carbons (Fsp3) is 0.105. The fourth-order valence-corrected chi connectivity index (χ4v) is 2.19. The highest BCUT2D eigenvalue weighted by Crippen LogP contribution is 2.27. The number of nitrogens with zero attached hydrogens (tertiary/aromatic N) is 1. The number of allylic oxidation sites excluding steroid dienone is 3. The molecule has 2 rings (SSSR count). The first kappa shape index (κ1) is 17.9. The third kappa shape index (κ3) is 4.54. The smallest absolute Gasteiger partial charge is 0.311 e. The van der Waals surface area contributed by atoms with Crippen molar-refractivity contribution >= 4 is 17.5 Å². The van der Waals surface area contributed by atoms with Crippen molar-refractivity contribution in [2.45, 2.75) is 0 Å². The Morgan fingerprint density at radius 2 is 1.76 bits per heavy atom. The normalized spacial score (nSPS) is 11.0. The van der Waals surface area contributed by atoms with Crippen LogP contribution < -0.4 is 9.47 Å². The van der Waals surface area contributed by atoms with Crippen molar-refractivity contribution in [1.29, 1.82) is 0 Å². The lowest BCUT2D eigenvalue weighted by Gasteiger charge is -2.03. The molecular weight excluding hydrogens is 322 g/mol. The quantitative estimate of drug-likeness (QED) is 0.250. The van der Waals surface area contributed by atoms with Gasteiger partial charge in [0.2, 0.25) is 0 Å². The van der Waals surface area contributed by atoms with E-state index in [0.29, 0.717) is 0 Å². The summed E-state index contributed by atoms with van der Waals surface area (Å²) in [5.74, 6) is 0.501. The molecule has 0 aliphatic carbocycles. The highest BCUT2D eigenvalue weighted by atomic mass is 16.6. The maximum atomic E-state index is 12.1. The molecule has 0 bridgehead atoms. The molecule has 6 heteroatoms. The van der Waals surface area contributed by atoms with E-state index in [1.165, 1.54) is 31.4 Å². The molecule has 0 aliphatic heterocycles. The average molecular weight is 339 g/mol. The number of carbonyl (C=O) groups excluding carboxylic acids is 1. The highest BCUT2D eigenvalue weighted by Gasteiger charge is 2.16. The zero-order valence-corrected chi connectivity index (χ0v) is 13.8. The number of para-hydroxylation sites is 1. The topological polar surface area (TPSA) is 78.7 Å². The number of hydrogen-bond donors (Lipinski definition) is 0. The lowest BCUT2D eigenvalue weighted by Crippen LogP contribution is -1.99. The molecule has 0 atom stereocenters. The molecule has 0 aliphatic rings. The van der Waals surface area contributed by atoms with E-state index in [9.17, 15) is 14.9 Å². The first-order chi connectivity index (χ1) is 12.1. The summed E-state index contributed by atoms with van der Waals surface area (Å²) in [6.07, 6.45) is 6.43. The number of carbonyl (C=O) groups is 1. The van der Waals surface area contributed by atoms with Crippen molar-refractivity contribution in [3.05, 3.63) is 81.9 Å². The highest BCUT2D eigenvalue weighted by molar-refractivity contribution is 6.05. The largest absolute Gasteiger partial charge is 0.496 e. The van der Waals surface area contributed by atoms with Gasteiger partial charge in [-0.3, -0.25) is 14.9 Å². The van der Waals surface area contributed by atoms with Gasteiger partial charge >= 0.3 is 5.69 Å². The fourth-order valence-electron chi connectivity index (χ4n) is 2.19. The van der Waals surface area contributed by atoms with Crippen molar-refractivity contribution in [1.82, 2.24) is 0 Å². The van der Waals surface area contributed by atoms with Gasteiger partial charge in [0.15, 0.2) is 11.5 Å². The number of rotatable bonds is 7. The second-order valence-electron chi connectivity index (χ2n) is 4.97. The predicted molar refractivity (Wildman–Crippen MR) is 95.1 cm³/mol. The summed E-state index contributed by atoms with van der Waals surface area (Å²) in [6.45, 7) is 0. The molecular formula is C19H17NO5. The number of methoxy groups -OCH3 is 2. The Morgan fingerprint density at radius 3 is 2.44 bits per heavy atom. The van der Waals surface area contributed by atoms with Gasteiger partial charge in [0.25, 0.3) is 0 Å². The van der Waals surface area contributed by atoms with Crippen LogP contribution in [0.15, 0.2) is 60.7 Å². The van der Waals surface area contributed by atoms with Crippen LogP contribution in [0.3, 0.4) is 0 Å². The van der Waals surface area contributed by atoms with Gasteiger partial charge < -0.3 is 9.47 Å². The molecule has 6 nitrogen and oxygen atoms in total. The van der Waals surface area contributed by atoms with Crippen molar-refractivity contribution < 1.29 is 19.2 Å². The number of hydrogen-bond acceptors (Lipinski definition) is 5. The molecule has 0 amide bonds. The standard InChI is InChI=1S/C19H17NO5/c1-24-18-10-6-4-8-14(18)7-3-5-9-17(21)15-11-12-19(25-2)16(13-15)20(22)23/h3-13H,1-2H3.